The van der Waals surface area contributed by atoms with E-state index in [4.69, 9.17) is 4.74 Å². The minimum absolute atomic E-state index is 0.00976. The third kappa shape index (κ3) is 4.54. The van der Waals surface area contributed by atoms with Crippen molar-refractivity contribution >= 4 is 44.6 Å². The van der Waals surface area contributed by atoms with Gasteiger partial charge in [0.1, 0.15) is 5.82 Å². The first-order valence-electron chi connectivity index (χ1n) is 6.64. The zero-order valence-electron chi connectivity index (χ0n) is 12.3. The number of aromatic nitrogens is 1. The zero-order chi connectivity index (χ0) is 17.7. The van der Waals surface area contributed by atoms with Crippen molar-refractivity contribution in [3.63, 3.8) is 0 Å². The summed E-state index contributed by atoms with van der Waals surface area (Å²) < 4.78 is 45.2. The number of anilines is 1. The second-order valence-corrected chi connectivity index (χ2v) is 6.09. The fourth-order valence-electron chi connectivity index (χ4n) is 1.66. The number of ether oxygens (including phenoxy) is 1. The molecule has 2 aromatic rings. The summed E-state index contributed by atoms with van der Waals surface area (Å²) in [4.78, 5) is 15.4. The van der Waals surface area contributed by atoms with E-state index in [9.17, 15) is 18.0 Å². The molecular formula is C14H11BrF3N3O2S. The first-order valence-corrected chi connectivity index (χ1v) is 8.31. The van der Waals surface area contributed by atoms with Crippen molar-refractivity contribution in [2.24, 2.45) is 5.10 Å². The van der Waals surface area contributed by atoms with Crippen LogP contribution in [0.2, 0.25) is 0 Å². The number of hydrogen-bond acceptors (Lipinski definition) is 6. The Kier molecular flexibility index (Phi) is 6.32. The van der Waals surface area contributed by atoms with Gasteiger partial charge in [-0.1, -0.05) is 0 Å². The Hall–Kier alpha value is -1.94. The number of hydrogen-bond donors (Lipinski definition) is 1. The van der Waals surface area contributed by atoms with E-state index in [1.54, 1.807) is 12.3 Å². The summed E-state index contributed by atoms with van der Waals surface area (Å²) in [7, 11) is 0. The smallest absolute Gasteiger partial charge is 0.311 e. The van der Waals surface area contributed by atoms with Crippen LogP contribution in [-0.2, 0) is 16.0 Å². The van der Waals surface area contributed by atoms with Gasteiger partial charge in [-0.15, -0.1) is 11.3 Å². The number of benzene rings is 1. The molecule has 0 unspecified atom stereocenters. The van der Waals surface area contributed by atoms with Crippen LogP contribution in [0, 0.1) is 17.5 Å². The summed E-state index contributed by atoms with van der Waals surface area (Å²) >= 11 is 3.93. The highest BCUT2D eigenvalue weighted by atomic mass is 79.9. The predicted molar refractivity (Wildman–Crippen MR) is 87.7 cm³/mol. The molecule has 128 valence electrons. The third-order valence-corrected chi connectivity index (χ3v) is 4.05. The lowest BCUT2D eigenvalue weighted by molar-refractivity contribution is -0.142. The van der Waals surface area contributed by atoms with Gasteiger partial charge in [0.2, 0.25) is 5.13 Å². The number of nitrogens with zero attached hydrogens (tertiary/aromatic N) is 2. The average Bonchev–Trinajstić information content (AvgIpc) is 2.96. The van der Waals surface area contributed by atoms with E-state index >= 15 is 0 Å². The van der Waals surface area contributed by atoms with Crippen LogP contribution in [0.3, 0.4) is 0 Å². The number of halogens is 4. The van der Waals surface area contributed by atoms with E-state index in [1.807, 2.05) is 0 Å². The van der Waals surface area contributed by atoms with Crippen molar-refractivity contribution in [3.8, 4) is 0 Å². The van der Waals surface area contributed by atoms with Crippen molar-refractivity contribution in [3.05, 3.63) is 44.6 Å². The molecule has 0 spiro atoms. The first kappa shape index (κ1) is 18.4. The number of thiazole rings is 1. The monoisotopic (exact) mass is 421 g/mol. The van der Waals surface area contributed by atoms with Crippen LogP contribution in [0.1, 0.15) is 18.2 Å². The molecule has 0 radical (unpaired) electrons. The van der Waals surface area contributed by atoms with Crippen LogP contribution >= 0.6 is 27.3 Å². The summed E-state index contributed by atoms with van der Waals surface area (Å²) in [6.45, 7) is 1.97. The summed E-state index contributed by atoms with van der Waals surface area (Å²) in [5.74, 6) is -3.92. The normalized spacial score (nSPS) is 11.0. The first-order chi connectivity index (χ1) is 11.4. The summed E-state index contributed by atoms with van der Waals surface area (Å²) in [5, 5.41) is 5.56. The van der Waals surface area contributed by atoms with Crippen molar-refractivity contribution < 1.29 is 22.7 Å². The molecule has 0 aliphatic heterocycles. The van der Waals surface area contributed by atoms with Crippen molar-refractivity contribution in [1.29, 1.82) is 0 Å². The summed E-state index contributed by atoms with van der Waals surface area (Å²) in [5.41, 5.74) is 2.31. The lowest BCUT2D eigenvalue weighted by Gasteiger charge is -2.02. The highest BCUT2D eigenvalue weighted by Gasteiger charge is 2.16. The van der Waals surface area contributed by atoms with Crippen LogP contribution in [0.15, 0.2) is 21.0 Å². The molecule has 0 aliphatic rings. The Morgan fingerprint density at radius 1 is 1.46 bits per heavy atom. The van der Waals surface area contributed by atoms with Gasteiger partial charge < -0.3 is 4.74 Å². The maximum absolute atomic E-state index is 13.8. The molecule has 0 saturated heterocycles. The standard InChI is InChI=1S/C14H11BrF3N3O2S/c1-2-23-11(22)3-7-6-24-14(20-7)21-19-5-8-12(17)9(15)4-10(16)13(8)18/h4-6H,2-3H2,1H3,(H,20,21). The van der Waals surface area contributed by atoms with E-state index in [0.717, 1.165) is 17.6 Å². The number of rotatable bonds is 6. The van der Waals surface area contributed by atoms with Gasteiger partial charge in [0.15, 0.2) is 11.6 Å². The molecule has 24 heavy (non-hydrogen) atoms. The molecule has 0 amide bonds. The lowest BCUT2D eigenvalue weighted by Crippen LogP contribution is -2.07. The minimum Gasteiger partial charge on any atom is -0.466 e. The maximum atomic E-state index is 13.8. The fraction of sp³-hybridized carbons (Fsp3) is 0.214. The molecule has 5 nitrogen and oxygen atoms in total. The van der Waals surface area contributed by atoms with Crippen molar-refractivity contribution in [2.45, 2.75) is 13.3 Å². The topological polar surface area (TPSA) is 63.6 Å². The highest BCUT2D eigenvalue weighted by Crippen LogP contribution is 2.23. The van der Waals surface area contributed by atoms with Gasteiger partial charge in [0.05, 0.1) is 35.0 Å². The van der Waals surface area contributed by atoms with Crippen LogP contribution in [0.25, 0.3) is 0 Å². The number of hydrazone groups is 1. The minimum atomic E-state index is -1.34. The van der Waals surface area contributed by atoms with Gasteiger partial charge in [0.25, 0.3) is 0 Å². The summed E-state index contributed by atoms with van der Waals surface area (Å²) in [6, 6.07) is 0.692. The molecule has 0 bridgehead atoms. The molecule has 1 heterocycles. The largest absolute Gasteiger partial charge is 0.466 e. The zero-order valence-corrected chi connectivity index (χ0v) is 14.7. The Balaban J connectivity index is 2.05. The van der Waals surface area contributed by atoms with Crippen molar-refractivity contribution in [1.82, 2.24) is 4.98 Å². The average molecular weight is 422 g/mol. The quantitative estimate of drug-likeness (QED) is 0.332. The fourth-order valence-corrected chi connectivity index (χ4v) is 2.73. The van der Waals surface area contributed by atoms with Crippen LogP contribution in [0.4, 0.5) is 18.3 Å². The number of nitrogens with one attached hydrogen (secondary N) is 1. The van der Waals surface area contributed by atoms with Crippen LogP contribution in [0.5, 0.6) is 0 Å². The SMILES string of the molecule is CCOC(=O)Cc1csc(NN=Cc2c(F)c(F)cc(Br)c2F)n1. The van der Waals surface area contributed by atoms with Crippen LogP contribution in [-0.4, -0.2) is 23.8 Å². The Labute approximate surface area is 147 Å². The van der Waals surface area contributed by atoms with Gasteiger partial charge in [-0.05, 0) is 28.9 Å². The van der Waals surface area contributed by atoms with Gasteiger partial charge in [0, 0.05) is 5.38 Å². The molecule has 10 heteroatoms. The molecule has 1 aromatic heterocycles. The number of esters is 1. The van der Waals surface area contributed by atoms with Gasteiger partial charge in [-0.3, -0.25) is 10.2 Å². The predicted octanol–water partition coefficient (Wildman–Crippen LogP) is 3.87. The maximum Gasteiger partial charge on any atom is 0.311 e. The Bertz CT molecular complexity index is 757. The van der Waals surface area contributed by atoms with Gasteiger partial charge in [-0.2, -0.15) is 5.10 Å². The summed E-state index contributed by atoms with van der Waals surface area (Å²) in [6.07, 6.45) is 0.820. The third-order valence-electron chi connectivity index (χ3n) is 2.68. The van der Waals surface area contributed by atoms with Crippen molar-refractivity contribution in [2.75, 3.05) is 12.0 Å². The van der Waals surface area contributed by atoms with E-state index in [0.29, 0.717) is 16.9 Å². The van der Waals surface area contributed by atoms with E-state index in [1.165, 1.54) is 0 Å². The highest BCUT2D eigenvalue weighted by molar-refractivity contribution is 9.10. The molecule has 2 rings (SSSR count). The molecule has 1 N–H and O–H groups in total. The molecular weight excluding hydrogens is 411 g/mol. The molecule has 0 saturated carbocycles. The Morgan fingerprint density at radius 2 is 2.21 bits per heavy atom. The molecule has 0 atom stereocenters. The van der Waals surface area contributed by atoms with Gasteiger partial charge >= 0.3 is 5.97 Å². The second-order valence-electron chi connectivity index (χ2n) is 4.38. The second kappa shape index (κ2) is 8.25. The van der Waals surface area contributed by atoms with E-state index in [-0.39, 0.29) is 17.5 Å². The number of carbonyl (C=O) groups is 1. The molecule has 1 aromatic carbocycles. The van der Waals surface area contributed by atoms with Gasteiger partial charge in [-0.25, -0.2) is 18.2 Å². The van der Waals surface area contributed by atoms with Crippen LogP contribution < -0.4 is 5.43 Å². The molecule has 0 fully saturated rings. The Morgan fingerprint density at radius 3 is 2.92 bits per heavy atom. The van der Waals surface area contributed by atoms with E-state index < -0.39 is 29.0 Å². The lowest BCUT2D eigenvalue weighted by atomic mass is 10.2. The number of carbonyl (C=O) groups excluding carboxylic acids is 1. The van der Waals surface area contributed by atoms with E-state index in [2.05, 4.69) is 31.4 Å². The molecule has 0 aliphatic carbocycles.